The normalized spacial score (nSPS) is 15.1. The van der Waals surface area contributed by atoms with Gasteiger partial charge in [-0.3, -0.25) is 14.4 Å². The van der Waals surface area contributed by atoms with E-state index in [9.17, 15) is 14.4 Å². The lowest BCUT2D eigenvalue weighted by atomic mass is 9.95. The highest BCUT2D eigenvalue weighted by atomic mass is 16.5. The molecule has 3 atom stereocenters. The number of methoxy groups -OCH3 is 3. The first-order chi connectivity index (χ1) is 22.1. The van der Waals surface area contributed by atoms with Crippen LogP contribution in [0, 0.1) is 5.92 Å². The van der Waals surface area contributed by atoms with Crippen LogP contribution in [-0.2, 0) is 23.1 Å². The Morgan fingerprint density at radius 2 is 1.76 bits per heavy atom. The maximum absolute atomic E-state index is 13.9. The molecule has 0 radical (unpaired) electrons. The predicted octanol–water partition coefficient (Wildman–Crippen LogP) is 5.82. The molecule has 2 amide bonds. The third-order valence-electron chi connectivity index (χ3n) is 8.91. The molecule has 10 heteroatoms. The molecule has 5 rings (SSSR count). The number of benzene rings is 2. The Labute approximate surface area is 269 Å². The molecule has 0 aliphatic heterocycles. The Hall–Kier alpha value is -4.99. The molecule has 46 heavy (non-hydrogen) atoms. The lowest BCUT2D eigenvalue weighted by Gasteiger charge is -2.24. The lowest BCUT2D eigenvalue weighted by molar-refractivity contribution is -0.120. The predicted molar refractivity (Wildman–Crippen MR) is 181 cm³/mol. The summed E-state index contributed by atoms with van der Waals surface area (Å²) in [6.45, 7) is 5.46. The Balaban J connectivity index is 1.61. The summed E-state index contributed by atoms with van der Waals surface area (Å²) in [6.07, 6.45) is 3.81. The first-order valence-electron chi connectivity index (χ1n) is 15.5. The summed E-state index contributed by atoms with van der Waals surface area (Å²) < 4.78 is 19.2. The molecule has 0 bridgehead atoms. The molecule has 0 unspecified atom stereocenters. The number of fused-ring (bicyclic) bond motifs is 4. The largest absolute Gasteiger partial charge is 0.493 e. The molecule has 0 saturated carbocycles. The van der Waals surface area contributed by atoms with E-state index in [1.807, 2.05) is 68.1 Å². The molecule has 10 nitrogen and oxygen atoms in total. The quantitative estimate of drug-likeness (QED) is 0.203. The number of carbonyl (C=O) groups excluding carboxylic acids is 2. The van der Waals surface area contributed by atoms with Crippen LogP contribution in [0.25, 0.3) is 22.0 Å². The third-order valence-corrected chi connectivity index (χ3v) is 8.91. The molecule has 1 aliphatic carbocycles. The van der Waals surface area contributed by atoms with Crippen LogP contribution in [-0.4, -0.2) is 43.8 Å². The number of anilines is 2. The van der Waals surface area contributed by atoms with E-state index in [-0.39, 0.29) is 28.8 Å². The minimum absolute atomic E-state index is 0.0950. The highest BCUT2D eigenvalue weighted by Crippen LogP contribution is 2.50. The number of amides is 2. The summed E-state index contributed by atoms with van der Waals surface area (Å²) in [7, 11) is 6.64. The summed E-state index contributed by atoms with van der Waals surface area (Å²) in [5, 5.41) is 10.3. The summed E-state index contributed by atoms with van der Waals surface area (Å²) in [4.78, 5) is 40.1. The minimum Gasteiger partial charge on any atom is -0.493 e. The topological polar surface area (TPSA) is 120 Å². The molecule has 242 valence electrons. The van der Waals surface area contributed by atoms with E-state index in [2.05, 4.69) is 16.0 Å². The third kappa shape index (κ3) is 6.11. The first-order valence-corrected chi connectivity index (χ1v) is 15.5. The van der Waals surface area contributed by atoms with Gasteiger partial charge in [0.1, 0.15) is 6.04 Å². The van der Waals surface area contributed by atoms with Crippen molar-refractivity contribution in [2.45, 2.75) is 52.1 Å². The average molecular weight is 627 g/mol. The second kappa shape index (κ2) is 13.6. The van der Waals surface area contributed by atoms with E-state index in [1.165, 1.54) is 6.92 Å². The summed E-state index contributed by atoms with van der Waals surface area (Å²) in [5.41, 5.74) is 4.74. The summed E-state index contributed by atoms with van der Waals surface area (Å²) in [6, 6.07) is 13.6. The SMILES string of the molecule is CC[C@@H](C)[C@H](Nc1ccc2c(cc1=O)[C@@H](NC(C)=O)CCc1cc(OC)c(OC)c(OC)c1-2)C(=O)Nc1cccc2c1ccn2C. The number of rotatable bonds is 10. The summed E-state index contributed by atoms with van der Waals surface area (Å²) >= 11 is 0. The van der Waals surface area contributed by atoms with Gasteiger partial charge in [-0.05, 0) is 71.8 Å². The van der Waals surface area contributed by atoms with Crippen molar-refractivity contribution in [3.8, 4) is 28.4 Å². The molecule has 1 heterocycles. The van der Waals surface area contributed by atoms with Crippen molar-refractivity contribution >= 4 is 34.1 Å². The van der Waals surface area contributed by atoms with Crippen LogP contribution in [0.4, 0.5) is 11.4 Å². The Morgan fingerprint density at radius 1 is 1.00 bits per heavy atom. The van der Waals surface area contributed by atoms with Crippen molar-refractivity contribution < 1.29 is 23.8 Å². The van der Waals surface area contributed by atoms with Crippen molar-refractivity contribution in [3.05, 3.63) is 76.1 Å². The maximum atomic E-state index is 13.9. The molecule has 1 aliphatic rings. The van der Waals surface area contributed by atoms with Crippen LogP contribution in [0.1, 0.15) is 50.8 Å². The summed E-state index contributed by atoms with van der Waals surface area (Å²) in [5.74, 6) is 0.894. The van der Waals surface area contributed by atoms with Gasteiger partial charge < -0.3 is 34.7 Å². The molecule has 3 N–H and O–H groups in total. The number of nitrogens with zero attached hydrogens (tertiary/aromatic N) is 1. The number of hydrogen-bond donors (Lipinski definition) is 3. The van der Waals surface area contributed by atoms with Gasteiger partial charge in [-0.1, -0.05) is 32.4 Å². The van der Waals surface area contributed by atoms with Crippen molar-refractivity contribution in [3.63, 3.8) is 0 Å². The van der Waals surface area contributed by atoms with E-state index in [4.69, 9.17) is 14.2 Å². The molecular weight excluding hydrogens is 584 g/mol. The molecule has 1 aromatic heterocycles. The van der Waals surface area contributed by atoms with Gasteiger partial charge in [0.15, 0.2) is 11.5 Å². The first kappa shape index (κ1) is 32.4. The van der Waals surface area contributed by atoms with Crippen molar-refractivity contribution in [1.82, 2.24) is 9.88 Å². The second-order valence-electron chi connectivity index (χ2n) is 11.8. The molecule has 4 aromatic rings. The Bertz CT molecular complexity index is 1850. The number of aryl methyl sites for hydroxylation is 2. The van der Waals surface area contributed by atoms with Gasteiger partial charge in [0.2, 0.25) is 23.0 Å². The highest BCUT2D eigenvalue weighted by molar-refractivity contribution is 6.04. The van der Waals surface area contributed by atoms with Crippen molar-refractivity contribution in [2.24, 2.45) is 13.0 Å². The van der Waals surface area contributed by atoms with Gasteiger partial charge in [-0.2, -0.15) is 0 Å². The van der Waals surface area contributed by atoms with Crippen molar-refractivity contribution in [2.75, 3.05) is 32.0 Å². The zero-order chi connectivity index (χ0) is 33.1. The van der Waals surface area contributed by atoms with Crippen molar-refractivity contribution in [1.29, 1.82) is 0 Å². The average Bonchev–Trinajstić information content (AvgIpc) is 3.27. The second-order valence-corrected chi connectivity index (χ2v) is 11.8. The molecule has 0 spiro atoms. The molecule has 0 saturated heterocycles. The van der Waals surface area contributed by atoms with E-state index in [0.29, 0.717) is 47.8 Å². The standard InChI is InChI=1S/C36H42N4O6/c1-8-20(2)33(36(43)39-26-10-9-11-29-24(26)16-17-40(29)4)38-28-15-13-23-25(19-30(28)42)27(37-21(3)41)14-12-22-18-31(44-5)34(45-6)35(46-7)32(22)23/h9-11,13,15-20,27,33H,8,12,14H2,1-7H3,(H,37,41)(H,38,42)(H,39,43)/t20-,27+,33+/m1/s1. The molecule has 3 aromatic carbocycles. The van der Waals surface area contributed by atoms with Crippen LogP contribution in [0.5, 0.6) is 17.2 Å². The Kier molecular flexibility index (Phi) is 9.55. The van der Waals surface area contributed by atoms with Gasteiger partial charge >= 0.3 is 0 Å². The monoisotopic (exact) mass is 626 g/mol. The van der Waals surface area contributed by atoms with Crippen LogP contribution in [0.2, 0.25) is 0 Å². The maximum Gasteiger partial charge on any atom is 0.247 e. The lowest BCUT2D eigenvalue weighted by Crippen LogP contribution is -2.40. The van der Waals surface area contributed by atoms with Gasteiger partial charge in [-0.25, -0.2) is 0 Å². The number of nitrogens with one attached hydrogen (secondary N) is 3. The fourth-order valence-electron chi connectivity index (χ4n) is 6.32. The number of ether oxygens (including phenoxy) is 3. The van der Waals surface area contributed by atoms with Gasteiger partial charge in [0.25, 0.3) is 0 Å². The Morgan fingerprint density at radius 3 is 2.43 bits per heavy atom. The van der Waals surface area contributed by atoms with Crippen LogP contribution < -0.4 is 35.6 Å². The van der Waals surface area contributed by atoms with Crippen LogP contribution >= 0.6 is 0 Å². The zero-order valence-corrected chi connectivity index (χ0v) is 27.4. The molecular formula is C36H42N4O6. The fraction of sp³-hybridized carbons (Fsp3) is 0.361. The molecule has 0 fully saturated rings. The van der Waals surface area contributed by atoms with E-state index < -0.39 is 12.1 Å². The van der Waals surface area contributed by atoms with Crippen LogP contribution in [0.15, 0.2) is 59.5 Å². The van der Waals surface area contributed by atoms with E-state index >= 15 is 0 Å². The fourth-order valence-corrected chi connectivity index (χ4v) is 6.32. The zero-order valence-electron chi connectivity index (χ0n) is 27.4. The number of carbonyl (C=O) groups is 2. The van der Waals surface area contributed by atoms with Gasteiger partial charge in [0, 0.05) is 36.6 Å². The van der Waals surface area contributed by atoms with Crippen LogP contribution in [0.3, 0.4) is 0 Å². The van der Waals surface area contributed by atoms with Gasteiger partial charge in [-0.15, -0.1) is 0 Å². The minimum atomic E-state index is -0.698. The van der Waals surface area contributed by atoms with E-state index in [0.717, 1.165) is 27.6 Å². The number of hydrogen-bond acceptors (Lipinski definition) is 7. The number of aromatic nitrogens is 1. The van der Waals surface area contributed by atoms with Gasteiger partial charge in [0.05, 0.1) is 38.7 Å². The van der Waals surface area contributed by atoms with E-state index in [1.54, 1.807) is 33.5 Å². The highest BCUT2D eigenvalue weighted by Gasteiger charge is 2.30. The smallest absolute Gasteiger partial charge is 0.247 e.